The predicted octanol–water partition coefficient (Wildman–Crippen LogP) is 7.34. The van der Waals surface area contributed by atoms with Gasteiger partial charge in [-0.25, -0.2) is 0 Å². The van der Waals surface area contributed by atoms with Crippen molar-refractivity contribution < 1.29 is 0 Å². The molecule has 2 aliphatic rings. The first-order valence-electron chi connectivity index (χ1n) is 9.02. The van der Waals surface area contributed by atoms with Gasteiger partial charge in [-0.1, -0.05) is 102 Å². The van der Waals surface area contributed by atoms with E-state index in [1.165, 1.54) is 38.9 Å². The molecule has 0 saturated heterocycles. The highest BCUT2D eigenvalue weighted by atomic mass is 35.5. The molecule has 0 nitrogen and oxygen atoms in total. The van der Waals surface area contributed by atoms with E-state index in [-0.39, 0.29) is 0 Å². The Kier molecular flexibility index (Phi) is 3.02. The molecule has 4 aromatic rings. The lowest BCUT2D eigenvalue weighted by molar-refractivity contribution is 0.794. The molecule has 0 amide bonds. The zero-order valence-corrected chi connectivity index (χ0v) is 15.9. The molecule has 27 heavy (non-hydrogen) atoms. The van der Waals surface area contributed by atoms with E-state index in [2.05, 4.69) is 78.9 Å². The first kappa shape index (κ1) is 15.5. The molecule has 0 radical (unpaired) electrons. The second-order valence-electron chi connectivity index (χ2n) is 7.17. The second-order valence-corrected chi connectivity index (χ2v) is 7.96. The molecule has 0 saturated carbocycles. The number of hydrogen-bond acceptors (Lipinski definition) is 0. The molecule has 0 aliphatic heterocycles. The van der Waals surface area contributed by atoms with Crippen molar-refractivity contribution in [3.8, 4) is 22.3 Å². The fraction of sp³-hybridized carbons (Fsp3) is 0.0400. The largest absolute Gasteiger partial charge is 0.0827 e. The maximum Gasteiger partial charge on any atom is 0.0740 e. The van der Waals surface area contributed by atoms with E-state index in [4.69, 9.17) is 23.2 Å². The van der Waals surface area contributed by atoms with Gasteiger partial charge in [0.2, 0.25) is 0 Å². The van der Waals surface area contributed by atoms with Gasteiger partial charge >= 0.3 is 0 Å². The first-order valence-corrected chi connectivity index (χ1v) is 9.78. The number of halogens is 2. The quantitative estimate of drug-likeness (QED) is 0.257. The van der Waals surface area contributed by atoms with E-state index < -0.39 is 5.41 Å². The Balaban J connectivity index is 1.90. The van der Waals surface area contributed by atoms with Crippen molar-refractivity contribution in [1.82, 2.24) is 0 Å². The smallest absolute Gasteiger partial charge is 0.0740 e. The van der Waals surface area contributed by atoms with E-state index >= 15 is 0 Å². The van der Waals surface area contributed by atoms with Crippen LogP contribution in [0.5, 0.6) is 0 Å². The topological polar surface area (TPSA) is 0 Å². The van der Waals surface area contributed by atoms with Gasteiger partial charge in [-0.15, -0.1) is 0 Å². The standard InChI is InChI=1S/C25H14Cl2/c26-22-14-13-18-17-9-3-6-12-21(17)25(23(18)24(22)27)19-10-4-1-7-15(19)16-8-2-5-11-20(16)25/h1-14H. The van der Waals surface area contributed by atoms with Gasteiger partial charge in [0.1, 0.15) is 0 Å². The zero-order valence-electron chi connectivity index (χ0n) is 14.3. The molecule has 0 fully saturated rings. The summed E-state index contributed by atoms with van der Waals surface area (Å²) >= 11 is 13.4. The number of rotatable bonds is 0. The van der Waals surface area contributed by atoms with Gasteiger partial charge in [0.25, 0.3) is 0 Å². The van der Waals surface area contributed by atoms with E-state index in [1.807, 2.05) is 6.07 Å². The maximum absolute atomic E-state index is 6.90. The normalized spacial score (nSPS) is 14.6. The van der Waals surface area contributed by atoms with Crippen LogP contribution >= 0.6 is 23.2 Å². The van der Waals surface area contributed by atoms with Crippen molar-refractivity contribution in [3.63, 3.8) is 0 Å². The fourth-order valence-corrected chi connectivity index (χ4v) is 5.58. The molecule has 0 heterocycles. The number of fused-ring (bicyclic) bond motifs is 10. The SMILES string of the molecule is Clc1ccc2c(c1Cl)C1(c3ccccc3-c3ccccc31)c1ccccc1-2. The van der Waals surface area contributed by atoms with Crippen LogP contribution in [0.3, 0.4) is 0 Å². The lowest BCUT2D eigenvalue weighted by Crippen LogP contribution is -2.26. The minimum atomic E-state index is -0.416. The third-order valence-electron chi connectivity index (χ3n) is 6.04. The molecule has 0 bridgehead atoms. The van der Waals surface area contributed by atoms with Crippen LogP contribution in [0.1, 0.15) is 22.3 Å². The lowest BCUT2D eigenvalue weighted by Gasteiger charge is -2.31. The maximum atomic E-state index is 6.90. The molecule has 0 N–H and O–H groups in total. The van der Waals surface area contributed by atoms with E-state index in [9.17, 15) is 0 Å². The highest BCUT2D eigenvalue weighted by Gasteiger charge is 2.52. The summed E-state index contributed by atoms with van der Waals surface area (Å²) in [5.41, 5.74) is 9.48. The number of hydrogen-bond donors (Lipinski definition) is 0. The van der Waals surface area contributed by atoms with Crippen LogP contribution in [-0.4, -0.2) is 0 Å². The van der Waals surface area contributed by atoms with Crippen molar-refractivity contribution in [2.24, 2.45) is 0 Å². The van der Waals surface area contributed by atoms with Gasteiger partial charge in [0.15, 0.2) is 0 Å². The fourth-order valence-electron chi connectivity index (χ4n) is 5.12. The third kappa shape index (κ3) is 1.71. The molecule has 0 atom stereocenters. The van der Waals surface area contributed by atoms with Crippen LogP contribution in [0, 0.1) is 0 Å². The summed E-state index contributed by atoms with van der Waals surface area (Å²) in [7, 11) is 0. The Hall–Kier alpha value is -2.54. The minimum absolute atomic E-state index is 0.416. The Bertz CT molecular complexity index is 1190. The van der Waals surface area contributed by atoms with Crippen LogP contribution in [0.25, 0.3) is 22.3 Å². The zero-order chi connectivity index (χ0) is 18.2. The highest BCUT2D eigenvalue weighted by Crippen LogP contribution is 2.64. The van der Waals surface area contributed by atoms with Crippen molar-refractivity contribution in [2.75, 3.05) is 0 Å². The van der Waals surface area contributed by atoms with Crippen LogP contribution in [0.15, 0.2) is 84.9 Å². The molecule has 6 rings (SSSR count). The Morgan fingerprint density at radius 3 is 1.44 bits per heavy atom. The predicted molar refractivity (Wildman–Crippen MR) is 113 cm³/mol. The van der Waals surface area contributed by atoms with Gasteiger partial charge < -0.3 is 0 Å². The molecule has 2 aliphatic carbocycles. The summed E-state index contributed by atoms with van der Waals surface area (Å²) in [4.78, 5) is 0. The van der Waals surface area contributed by atoms with Gasteiger partial charge in [-0.3, -0.25) is 0 Å². The summed E-state index contributed by atoms with van der Waals surface area (Å²) < 4.78 is 0. The average Bonchev–Trinajstić information content (AvgIpc) is 3.18. The van der Waals surface area contributed by atoms with Crippen LogP contribution in [-0.2, 0) is 5.41 Å². The van der Waals surface area contributed by atoms with E-state index in [0.29, 0.717) is 10.0 Å². The second kappa shape index (κ2) is 5.25. The van der Waals surface area contributed by atoms with Crippen molar-refractivity contribution in [2.45, 2.75) is 5.41 Å². The average molecular weight is 385 g/mol. The Labute approximate surface area is 168 Å². The summed E-state index contributed by atoms with van der Waals surface area (Å²) in [6.45, 7) is 0. The monoisotopic (exact) mass is 384 g/mol. The summed E-state index contributed by atoms with van der Waals surface area (Å²) in [6.07, 6.45) is 0. The molecule has 128 valence electrons. The number of benzene rings is 4. The van der Waals surface area contributed by atoms with E-state index in [0.717, 1.165) is 5.56 Å². The van der Waals surface area contributed by atoms with Crippen LogP contribution in [0.4, 0.5) is 0 Å². The third-order valence-corrected chi connectivity index (χ3v) is 6.85. The molecule has 2 heteroatoms. The van der Waals surface area contributed by atoms with Crippen molar-refractivity contribution in [1.29, 1.82) is 0 Å². The Morgan fingerprint density at radius 1 is 0.481 bits per heavy atom. The molecule has 0 aromatic heterocycles. The van der Waals surface area contributed by atoms with Gasteiger partial charge in [0, 0.05) is 0 Å². The summed E-state index contributed by atoms with van der Waals surface area (Å²) in [5.74, 6) is 0. The first-order chi connectivity index (χ1) is 13.2. The summed E-state index contributed by atoms with van der Waals surface area (Å²) in [6, 6.07) is 30.0. The minimum Gasteiger partial charge on any atom is -0.0827 e. The lowest BCUT2D eigenvalue weighted by atomic mass is 9.70. The molecular weight excluding hydrogens is 371 g/mol. The van der Waals surface area contributed by atoms with Gasteiger partial charge in [-0.05, 0) is 50.6 Å². The highest BCUT2D eigenvalue weighted by molar-refractivity contribution is 6.43. The van der Waals surface area contributed by atoms with Gasteiger partial charge in [-0.2, -0.15) is 0 Å². The van der Waals surface area contributed by atoms with Gasteiger partial charge in [0.05, 0.1) is 15.5 Å². The molecule has 0 unspecified atom stereocenters. The van der Waals surface area contributed by atoms with E-state index in [1.54, 1.807) is 0 Å². The van der Waals surface area contributed by atoms with Crippen molar-refractivity contribution >= 4 is 23.2 Å². The van der Waals surface area contributed by atoms with Crippen LogP contribution in [0.2, 0.25) is 10.0 Å². The summed E-state index contributed by atoms with van der Waals surface area (Å²) in [5, 5.41) is 1.25. The molecular formula is C25H14Cl2. The molecule has 1 spiro atoms. The molecule has 4 aromatic carbocycles. The Morgan fingerprint density at radius 2 is 0.926 bits per heavy atom. The van der Waals surface area contributed by atoms with Crippen molar-refractivity contribution in [3.05, 3.63) is 117 Å². The van der Waals surface area contributed by atoms with Crippen LogP contribution < -0.4 is 0 Å².